The van der Waals surface area contributed by atoms with Gasteiger partial charge in [0.05, 0.1) is 0 Å². The van der Waals surface area contributed by atoms with Crippen LogP contribution in [-0.2, 0) is 6.54 Å². The van der Waals surface area contributed by atoms with E-state index >= 15 is 0 Å². The van der Waals surface area contributed by atoms with Gasteiger partial charge in [-0.15, -0.1) is 0 Å². The first-order valence-electron chi connectivity index (χ1n) is 5.91. The minimum Gasteiger partial charge on any atom is -0.323 e. The van der Waals surface area contributed by atoms with Crippen LogP contribution in [0.15, 0.2) is 18.5 Å². The average molecular weight is 219 g/mol. The molecular formula is C13H21N3. The van der Waals surface area contributed by atoms with Gasteiger partial charge in [0, 0.05) is 37.6 Å². The lowest BCUT2D eigenvalue weighted by Gasteiger charge is -2.50. The second-order valence-corrected chi connectivity index (χ2v) is 5.40. The molecule has 16 heavy (non-hydrogen) atoms. The molecule has 1 aliphatic rings. The molecule has 0 radical (unpaired) electrons. The van der Waals surface area contributed by atoms with Gasteiger partial charge in [-0.2, -0.15) is 0 Å². The number of nitrogens with two attached hydrogens (primary N) is 1. The van der Waals surface area contributed by atoms with E-state index in [9.17, 15) is 0 Å². The number of hydrogen-bond acceptors (Lipinski definition) is 3. The standard InChI is InChI=1S/C13H21N3/c1-10(2)13(14)8-16(9-13)7-12-4-11(3)5-15-6-12/h4-6,10H,7-9,14H2,1-3H3. The summed E-state index contributed by atoms with van der Waals surface area (Å²) >= 11 is 0. The van der Waals surface area contributed by atoms with E-state index in [2.05, 4.69) is 36.7 Å². The molecule has 0 spiro atoms. The summed E-state index contributed by atoms with van der Waals surface area (Å²) < 4.78 is 0. The molecule has 1 aromatic heterocycles. The van der Waals surface area contributed by atoms with Crippen molar-refractivity contribution in [3.63, 3.8) is 0 Å². The lowest BCUT2D eigenvalue weighted by molar-refractivity contribution is 0.0312. The van der Waals surface area contributed by atoms with Crippen LogP contribution in [0.4, 0.5) is 0 Å². The Morgan fingerprint density at radius 1 is 1.44 bits per heavy atom. The monoisotopic (exact) mass is 219 g/mol. The van der Waals surface area contributed by atoms with Crippen molar-refractivity contribution in [3.8, 4) is 0 Å². The largest absolute Gasteiger partial charge is 0.323 e. The average Bonchev–Trinajstić information content (AvgIpc) is 2.14. The molecule has 1 saturated heterocycles. The van der Waals surface area contributed by atoms with E-state index in [4.69, 9.17) is 5.73 Å². The van der Waals surface area contributed by atoms with E-state index in [1.54, 1.807) is 0 Å². The third kappa shape index (κ3) is 2.25. The first kappa shape index (κ1) is 11.6. The summed E-state index contributed by atoms with van der Waals surface area (Å²) in [5, 5.41) is 0. The Morgan fingerprint density at radius 2 is 2.12 bits per heavy atom. The van der Waals surface area contributed by atoms with E-state index in [-0.39, 0.29) is 5.54 Å². The van der Waals surface area contributed by atoms with Crippen LogP contribution in [0.5, 0.6) is 0 Å². The Hall–Kier alpha value is -0.930. The highest BCUT2D eigenvalue weighted by atomic mass is 15.2. The normalized spacial score (nSPS) is 19.8. The molecule has 3 heteroatoms. The van der Waals surface area contributed by atoms with Gasteiger partial charge in [0.15, 0.2) is 0 Å². The van der Waals surface area contributed by atoms with Crippen molar-refractivity contribution in [2.24, 2.45) is 11.7 Å². The maximum absolute atomic E-state index is 6.26. The van der Waals surface area contributed by atoms with Gasteiger partial charge in [-0.1, -0.05) is 19.9 Å². The summed E-state index contributed by atoms with van der Waals surface area (Å²) in [5.74, 6) is 0.555. The molecule has 0 bridgehead atoms. The number of rotatable bonds is 3. The number of aromatic nitrogens is 1. The fourth-order valence-corrected chi connectivity index (χ4v) is 2.23. The van der Waals surface area contributed by atoms with Crippen LogP contribution in [0.3, 0.4) is 0 Å². The molecule has 0 aliphatic carbocycles. The highest BCUT2D eigenvalue weighted by molar-refractivity contribution is 5.17. The molecule has 0 aromatic carbocycles. The quantitative estimate of drug-likeness (QED) is 0.839. The highest BCUT2D eigenvalue weighted by Crippen LogP contribution is 2.27. The molecule has 0 amide bonds. The van der Waals surface area contributed by atoms with Gasteiger partial charge in [-0.25, -0.2) is 0 Å². The van der Waals surface area contributed by atoms with Crippen LogP contribution in [0.2, 0.25) is 0 Å². The molecule has 0 unspecified atom stereocenters. The maximum atomic E-state index is 6.26. The van der Waals surface area contributed by atoms with E-state index in [1.165, 1.54) is 11.1 Å². The Kier molecular flexibility index (Phi) is 3.00. The van der Waals surface area contributed by atoms with Crippen molar-refractivity contribution in [2.45, 2.75) is 32.9 Å². The van der Waals surface area contributed by atoms with Crippen molar-refractivity contribution in [3.05, 3.63) is 29.6 Å². The zero-order chi connectivity index (χ0) is 11.8. The van der Waals surface area contributed by atoms with Gasteiger partial charge in [0.1, 0.15) is 0 Å². The minimum absolute atomic E-state index is 0.0251. The summed E-state index contributed by atoms with van der Waals surface area (Å²) in [6.45, 7) is 9.45. The molecule has 2 N–H and O–H groups in total. The van der Waals surface area contributed by atoms with Crippen LogP contribution < -0.4 is 5.73 Å². The molecule has 1 fully saturated rings. The third-order valence-corrected chi connectivity index (χ3v) is 3.52. The molecule has 2 heterocycles. The van der Waals surface area contributed by atoms with Crippen molar-refractivity contribution in [2.75, 3.05) is 13.1 Å². The van der Waals surface area contributed by atoms with Gasteiger partial charge < -0.3 is 5.73 Å². The Balaban J connectivity index is 1.90. The van der Waals surface area contributed by atoms with Gasteiger partial charge in [0.25, 0.3) is 0 Å². The van der Waals surface area contributed by atoms with Gasteiger partial charge in [-0.3, -0.25) is 9.88 Å². The number of aryl methyl sites for hydroxylation is 1. The van der Waals surface area contributed by atoms with Gasteiger partial charge >= 0.3 is 0 Å². The second kappa shape index (κ2) is 4.15. The van der Waals surface area contributed by atoms with Crippen molar-refractivity contribution in [1.29, 1.82) is 0 Å². The SMILES string of the molecule is Cc1cncc(CN2CC(N)(C(C)C)C2)c1. The van der Waals surface area contributed by atoms with E-state index in [0.717, 1.165) is 19.6 Å². The van der Waals surface area contributed by atoms with Gasteiger partial charge in [-0.05, 0) is 24.0 Å². The van der Waals surface area contributed by atoms with E-state index in [1.807, 2.05) is 12.4 Å². The van der Waals surface area contributed by atoms with Gasteiger partial charge in [0.2, 0.25) is 0 Å². The predicted octanol–water partition coefficient (Wildman–Crippen LogP) is 1.56. The first-order chi connectivity index (χ1) is 7.49. The van der Waals surface area contributed by atoms with Crippen LogP contribution in [0, 0.1) is 12.8 Å². The summed E-state index contributed by atoms with van der Waals surface area (Å²) in [5.41, 5.74) is 8.79. The van der Waals surface area contributed by atoms with E-state index in [0.29, 0.717) is 5.92 Å². The minimum atomic E-state index is 0.0251. The third-order valence-electron chi connectivity index (χ3n) is 3.52. The van der Waals surface area contributed by atoms with Crippen LogP contribution >= 0.6 is 0 Å². The number of hydrogen-bond donors (Lipinski definition) is 1. The zero-order valence-electron chi connectivity index (χ0n) is 10.4. The van der Waals surface area contributed by atoms with Crippen LogP contribution in [0.1, 0.15) is 25.0 Å². The predicted molar refractivity (Wildman–Crippen MR) is 66.0 cm³/mol. The molecule has 0 saturated carbocycles. The Labute approximate surface area is 97.7 Å². The molecule has 88 valence electrons. The molecule has 1 aliphatic heterocycles. The lowest BCUT2D eigenvalue weighted by atomic mass is 9.80. The Morgan fingerprint density at radius 3 is 2.69 bits per heavy atom. The summed E-state index contributed by atoms with van der Waals surface area (Å²) in [6.07, 6.45) is 3.83. The topological polar surface area (TPSA) is 42.2 Å². The second-order valence-electron chi connectivity index (χ2n) is 5.40. The highest BCUT2D eigenvalue weighted by Gasteiger charge is 2.41. The lowest BCUT2D eigenvalue weighted by Crippen LogP contribution is -2.69. The Bertz CT molecular complexity index is 367. The number of pyridine rings is 1. The fourth-order valence-electron chi connectivity index (χ4n) is 2.23. The molecular weight excluding hydrogens is 198 g/mol. The van der Waals surface area contributed by atoms with Crippen LogP contribution in [0.25, 0.3) is 0 Å². The summed E-state index contributed by atoms with van der Waals surface area (Å²) in [4.78, 5) is 6.59. The van der Waals surface area contributed by atoms with Crippen LogP contribution in [-0.4, -0.2) is 28.5 Å². The first-order valence-corrected chi connectivity index (χ1v) is 5.91. The molecule has 1 aromatic rings. The van der Waals surface area contributed by atoms with Crippen molar-refractivity contribution in [1.82, 2.24) is 9.88 Å². The van der Waals surface area contributed by atoms with Crippen molar-refractivity contribution >= 4 is 0 Å². The summed E-state index contributed by atoms with van der Waals surface area (Å²) in [6, 6.07) is 2.19. The van der Waals surface area contributed by atoms with E-state index < -0.39 is 0 Å². The number of nitrogens with zero attached hydrogens (tertiary/aromatic N) is 2. The number of likely N-dealkylation sites (tertiary alicyclic amines) is 1. The molecule has 0 atom stereocenters. The smallest absolute Gasteiger partial charge is 0.0435 e. The van der Waals surface area contributed by atoms with Crippen molar-refractivity contribution < 1.29 is 0 Å². The fraction of sp³-hybridized carbons (Fsp3) is 0.615. The zero-order valence-corrected chi connectivity index (χ0v) is 10.4. The molecule has 3 nitrogen and oxygen atoms in total. The maximum Gasteiger partial charge on any atom is 0.0435 e. The molecule has 2 rings (SSSR count). The summed E-state index contributed by atoms with van der Waals surface area (Å²) in [7, 11) is 0.